The monoisotopic (exact) mass is 422 g/mol. The van der Waals surface area contributed by atoms with Gasteiger partial charge in [-0.15, -0.1) is 0 Å². The quantitative estimate of drug-likeness (QED) is 0.524. The second kappa shape index (κ2) is 8.62. The van der Waals surface area contributed by atoms with Crippen molar-refractivity contribution in [1.82, 2.24) is 5.32 Å². The van der Waals surface area contributed by atoms with E-state index in [0.717, 1.165) is 12.1 Å². The summed E-state index contributed by atoms with van der Waals surface area (Å²) in [4.78, 5) is 0. The van der Waals surface area contributed by atoms with Gasteiger partial charge >= 0.3 is 6.18 Å². The summed E-state index contributed by atoms with van der Waals surface area (Å²) in [6.45, 7) is -0.108. The first kappa shape index (κ1) is 21.0. The van der Waals surface area contributed by atoms with Gasteiger partial charge in [-0.05, 0) is 24.4 Å². The van der Waals surface area contributed by atoms with E-state index in [-0.39, 0.29) is 17.2 Å². The molecule has 2 aromatic rings. The Morgan fingerprint density at radius 2 is 1.78 bits per heavy atom. The number of anilines is 1. The van der Waals surface area contributed by atoms with Gasteiger partial charge in [0.2, 0.25) is 0 Å². The van der Waals surface area contributed by atoms with Gasteiger partial charge in [0.1, 0.15) is 17.3 Å². The van der Waals surface area contributed by atoms with Crippen LogP contribution in [-0.2, 0) is 12.7 Å². The minimum absolute atomic E-state index is 0.0350. The van der Waals surface area contributed by atoms with Crippen molar-refractivity contribution in [3.63, 3.8) is 0 Å². The van der Waals surface area contributed by atoms with Crippen LogP contribution in [0.4, 0.5) is 23.2 Å². The van der Waals surface area contributed by atoms with Crippen LogP contribution >= 0.6 is 23.8 Å². The van der Waals surface area contributed by atoms with E-state index in [1.54, 1.807) is 6.07 Å². The number of hydrogen-bond donors (Lipinski definition) is 2. The number of methoxy groups -OCH3 is 2. The van der Waals surface area contributed by atoms with Crippen LogP contribution in [0, 0.1) is 5.82 Å². The minimum atomic E-state index is -4.60. The van der Waals surface area contributed by atoms with Gasteiger partial charge in [-0.1, -0.05) is 17.7 Å². The molecule has 0 atom stereocenters. The molecule has 0 bridgehead atoms. The number of nitrogens with one attached hydrogen (secondary N) is 2. The predicted octanol–water partition coefficient (Wildman–Crippen LogP) is 5.00. The lowest BCUT2D eigenvalue weighted by Gasteiger charge is -2.16. The van der Waals surface area contributed by atoms with Crippen molar-refractivity contribution < 1.29 is 27.0 Å². The molecule has 4 nitrogen and oxygen atoms in total. The van der Waals surface area contributed by atoms with Crippen molar-refractivity contribution >= 4 is 34.6 Å². The van der Waals surface area contributed by atoms with Crippen LogP contribution in [-0.4, -0.2) is 19.3 Å². The van der Waals surface area contributed by atoms with Crippen LogP contribution < -0.4 is 20.1 Å². The topological polar surface area (TPSA) is 42.5 Å². The van der Waals surface area contributed by atoms with Crippen LogP contribution in [0.15, 0.2) is 30.3 Å². The van der Waals surface area contributed by atoms with Gasteiger partial charge in [0.05, 0.1) is 30.5 Å². The Balaban J connectivity index is 2.07. The Labute approximate surface area is 163 Å². The van der Waals surface area contributed by atoms with Crippen molar-refractivity contribution in [1.29, 1.82) is 0 Å². The molecule has 0 fully saturated rings. The zero-order valence-electron chi connectivity index (χ0n) is 14.2. The molecule has 0 unspecified atom stereocenters. The maximum atomic E-state index is 13.9. The highest BCUT2D eigenvalue weighted by Crippen LogP contribution is 2.36. The Bertz CT molecular complexity index is 846. The van der Waals surface area contributed by atoms with Gasteiger partial charge in [-0.25, -0.2) is 4.39 Å². The number of thiocarbonyl (C=S) groups is 1. The number of halogens is 5. The zero-order chi connectivity index (χ0) is 20.2. The molecule has 0 spiro atoms. The van der Waals surface area contributed by atoms with E-state index in [9.17, 15) is 17.6 Å². The van der Waals surface area contributed by atoms with Gasteiger partial charge in [0.25, 0.3) is 0 Å². The van der Waals surface area contributed by atoms with E-state index < -0.39 is 17.6 Å². The summed E-state index contributed by atoms with van der Waals surface area (Å²) in [6.07, 6.45) is -4.60. The van der Waals surface area contributed by atoms with Crippen LogP contribution in [0.3, 0.4) is 0 Å². The molecule has 0 radical (unpaired) electrons. The number of ether oxygens (including phenoxy) is 2. The maximum absolute atomic E-state index is 13.9. The summed E-state index contributed by atoms with van der Waals surface area (Å²) in [6, 6.07) is 5.40. The Hall–Kier alpha value is -2.26. The van der Waals surface area contributed by atoms with Crippen LogP contribution in [0.2, 0.25) is 5.02 Å². The van der Waals surface area contributed by atoms with Gasteiger partial charge in [-0.2, -0.15) is 13.2 Å². The zero-order valence-corrected chi connectivity index (χ0v) is 15.8. The first-order chi connectivity index (χ1) is 12.7. The van der Waals surface area contributed by atoms with Gasteiger partial charge in [0.15, 0.2) is 5.11 Å². The lowest BCUT2D eigenvalue weighted by atomic mass is 10.1. The Morgan fingerprint density at radius 1 is 1.11 bits per heavy atom. The van der Waals surface area contributed by atoms with Gasteiger partial charge < -0.3 is 20.1 Å². The summed E-state index contributed by atoms with van der Waals surface area (Å²) in [7, 11) is 2.89. The molecule has 2 aromatic carbocycles. The molecule has 0 aliphatic heterocycles. The van der Waals surface area contributed by atoms with Gasteiger partial charge in [-0.3, -0.25) is 0 Å². The van der Waals surface area contributed by atoms with Gasteiger partial charge in [0, 0.05) is 24.2 Å². The molecule has 2 rings (SSSR count). The van der Waals surface area contributed by atoms with Crippen LogP contribution in [0.5, 0.6) is 11.5 Å². The van der Waals surface area contributed by atoms with E-state index in [4.69, 9.17) is 33.3 Å². The number of rotatable bonds is 5. The van der Waals surface area contributed by atoms with Crippen molar-refractivity contribution in [3.8, 4) is 11.5 Å². The second-order valence-electron chi connectivity index (χ2n) is 5.30. The fourth-order valence-corrected chi connectivity index (χ4v) is 2.58. The Morgan fingerprint density at radius 3 is 2.33 bits per heavy atom. The first-order valence-corrected chi connectivity index (χ1v) is 8.26. The summed E-state index contributed by atoms with van der Waals surface area (Å²) < 4.78 is 61.9. The minimum Gasteiger partial charge on any atom is -0.495 e. The molecule has 10 heteroatoms. The summed E-state index contributed by atoms with van der Waals surface area (Å²) in [5, 5.41) is 6.01. The molecular formula is C17H15ClF4N2O2S. The second-order valence-corrected chi connectivity index (χ2v) is 6.11. The lowest BCUT2D eigenvalue weighted by Crippen LogP contribution is -2.28. The molecule has 0 heterocycles. The number of hydrogen-bond acceptors (Lipinski definition) is 3. The maximum Gasteiger partial charge on any atom is 0.416 e. The third-order valence-corrected chi connectivity index (χ3v) is 4.08. The van der Waals surface area contributed by atoms with E-state index in [0.29, 0.717) is 28.3 Å². The molecule has 0 aliphatic carbocycles. The van der Waals surface area contributed by atoms with Crippen molar-refractivity contribution in [2.75, 3.05) is 19.5 Å². The molecule has 0 aliphatic rings. The fraction of sp³-hybridized carbons (Fsp3) is 0.235. The largest absolute Gasteiger partial charge is 0.495 e. The summed E-state index contributed by atoms with van der Waals surface area (Å²) in [5.74, 6) is -0.201. The SMILES string of the molecule is COc1cc(NC(=S)NCc2ccc(C(F)(F)F)cc2F)c(OC)cc1Cl. The molecule has 146 valence electrons. The molecule has 2 N–H and O–H groups in total. The molecule has 0 aromatic heterocycles. The fourth-order valence-electron chi connectivity index (χ4n) is 2.17. The molecule has 0 saturated carbocycles. The van der Waals surface area contributed by atoms with Crippen LogP contribution in [0.25, 0.3) is 0 Å². The molecule has 0 amide bonds. The lowest BCUT2D eigenvalue weighted by molar-refractivity contribution is -0.137. The standard InChI is InChI=1S/C17H15ClF4N2O2S/c1-25-14-7-13(15(26-2)6-11(14)18)24-16(27)23-8-9-3-4-10(5-12(9)19)17(20,21)22/h3-7H,8H2,1-2H3,(H2,23,24,27). The average molecular weight is 423 g/mol. The highest BCUT2D eigenvalue weighted by molar-refractivity contribution is 7.80. The van der Waals surface area contributed by atoms with E-state index >= 15 is 0 Å². The van der Waals surface area contributed by atoms with E-state index in [2.05, 4.69) is 10.6 Å². The highest BCUT2D eigenvalue weighted by Gasteiger charge is 2.31. The predicted molar refractivity (Wildman–Crippen MR) is 99.0 cm³/mol. The van der Waals surface area contributed by atoms with Crippen molar-refractivity contribution in [2.24, 2.45) is 0 Å². The van der Waals surface area contributed by atoms with Crippen molar-refractivity contribution in [3.05, 3.63) is 52.3 Å². The Kier molecular flexibility index (Phi) is 6.72. The number of benzene rings is 2. The van der Waals surface area contributed by atoms with E-state index in [1.807, 2.05) is 0 Å². The first-order valence-electron chi connectivity index (χ1n) is 7.47. The molecule has 27 heavy (non-hydrogen) atoms. The third-order valence-electron chi connectivity index (χ3n) is 3.54. The van der Waals surface area contributed by atoms with Crippen molar-refractivity contribution in [2.45, 2.75) is 12.7 Å². The third kappa shape index (κ3) is 5.36. The van der Waals surface area contributed by atoms with E-state index in [1.165, 1.54) is 20.3 Å². The smallest absolute Gasteiger partial charge is 0.416 e. The normalized spacial score (nSPS) is 11.1. The average Bonchev–Trinajstić information content (AvgIpc) is 2.60. The summed E-state index contributed by atoms with van der Waals surface area (Å²) >= 11 is 11.1. The van der Waals surface area contributed by atoms with Crippen LogP contribution in [0.1, 0.15) is 11.1 Å². The molecular weight excluding hydrogens is 408 g/mol. The summed E-state index contributed by atoms with van der Waals surface area (Å²) in [5.41, 5.74) is -0.570. The number of alkyl halides is 3. The highest BCUT2D eigenvalue weighted by atomic mass is 35.5. The molecule has 0 saturated heterocycles.